The predicted molar refractivity (Wildman–Crippen MR) is 97.1 cm³/mol. The maximum absolute atomic E-state index is 12.4. The fourth-order valence-corrected chi connectivity index (χ4v) is 2.74. The van der Waals surface area contributed by atoms with Gasteiger partial charge in [0.25, 0.3) is 0 Å². The summed E-state index contributed by atoms with van der Waals surface area (Å²) in [5, 5.41) is 7.18. The first kappa shape index (κ1) is 17.0. The molecule has 0 aliphatic heterocycles. The molecule has 0 fully saturated rings. The second kappa shape index (κ2) is 7.38. The number of amides is 2. The second-order valence-corrected chi connectivity index (χ2v) is 6.08. The van der Waals surface area contributed by atoms with Crippen molar-refractivity contribution in [2.45, 2.75) is 40.4 Å². The monoisotopic (exact) mass is 340 g/mol. The van der Waals surface area contributed by atoms with Crippen molar-refractivity contribution in [3.05, 3.63) is 47.5 Å². The lowest BCUT2D eigenvalue weighted by Gasteiger charge is -2.20. The van der Waals surface area contributed by atoms with E-state index in [0.717, 1.165) is 29.0 Å². The standard InChI is InChI=1S/C18H24N6O/c1-4-23(11-14-9-20-24(5-2)12-14)18(25)19-10-17-21-15-7-6-13(3)8-16(15)22-17/h6-9,12H,4-5,10-11H2,1-3H3,(H,19,25)(H,21,22). The van der Waals surface area contributed by atoms with Crippen LogP contribution in [0.15, 0.2) is 30.6 Å². The lowest BCUT2D eigenvalue weighted by atomic mass is 10.2. The third-order valence-corrected chi connectivity index (χ3v) is 4.15. The smallest absolute Gasteiger partial charge is 0.318 e. The van der Waals surface area contributed by atoms with Crippen molar-refractivity contribution in [2.24, 2.45) is 0 Å². The van der Waals surface area contributed by atoms with Gasteiger partial charge in [-0.15, -0.1) is 0 Å². The molecule has 0 aliphatic rings. The zero-order valence-corrected chi connectivity index (χ0v) is 14.9. The minimum Gasteiger partial charge on any atom is -0.340 e. The van der Waals surface area contributed by atoms with Crippen LogP contribution in [0.3, 0.4) is 0 Å². The lowest BCUT2D eigenvalue weighted by Crippen LogP contribution is -2.39. The number of carbonyl (C=O) groups excluding carboxylic acids is 1. The number of hydrogen-bond donors (Lipinski definition) is 2. The number of carbonyl (C=O) groups is 1. The van der Waals surface area contributed by atoms with Gasteiger partial charge in [-0.05, 0) is 38.5 Å². The van der Waals surface area contributed by atoms with Gasteiger partial charge in [-0.3, -0.25) is 4.68 Å². The summed E-state index contributed by atoms with van der Waals surface area (Å²) in [6, 6.07) is 5.96. The normalized spacial score (nSPS) is 11.0. The highest BCUT2D eigenvalue weighted by molar-refractivity contribution is 5.76. The SMILES string of the molecule is CCN(Cc1cnn(CC)c1)C(=O)NCc1nc2ccc(C)cc2[nH]1. The third-order valence-electron chi connectivity index (χ3n) is 4.15. The Hall–Kier alpha value is -2.83. The van der Waals surface area contributed by atoms with Gasteiger partial charge in [-0.2, -0.15) is 5.10 Å². The number of hydrogen-bond acceptors (Lipinski definition) is 3. The van der Waals surface area contributed by atoms with E-state index in [0.29, 0.717) is 19.6 Å². The van der Waals surface area contributed by atoms with Crippen LogP contribution in [0, 0.1) is 6.92 Å². The molecule has 0 spiro atoms. The van der Waals surface area contributed by atoms with Gasteiger partial charge in [0.05, 0.1) is 30.3 Å². The Morgan fingerprint density at radius 2 is 2.20 bits per heavy atom. The van der Waals surface area contributed by atoms with Crippen molar-refractivity contribution in [1.29, 1.82) is 0 Å². The highest BCUT2D eigenvalue weighted by Crippen LogP contribution is 2.13. The number of nitrogens with one attached hydrogen (secondary N) is 2. The van der Waals surface area contributed by atoms with Gasteiger partial charge in [0, 0.05) is 24.8 Å². The van der Waals surface area contributed by atoms with Crippen LogP contribution in [0.5, 0.6) is 0 Å². The van der Waals surface area contributed by atoms with Crippen molar-refractivity contribution in [3.8, 4) is 0 Å². The maximum Gasteiger partial charge on any atom is 0.318 e. The van der Waals surface area contributed by atoms with Crippen LogP contribution in [0.1, 0.15) is 30.8 Å². The van der Waals surface area contributed by atoms with Crippen LogP contribution in [0.25, 0.3) is 11.0 Å². The number of aromatic amines is 1. The number of rotatable bonds is 6. The molecule has 2 N–H and O–H groups in total. The van der Waals surface area contributed by atoms with Crippen molar-refractivity contribution < 1.29 is 4.79 Å². The minimum atomic E-state index is -0.108. The van der Waals surface area contributed by atoms with E-state index >= 15 is 0 Å². The number of fused-ring (bicyclic) bond motifs is 1. The van der Waals surface area contributed by atoms with Gasteiger partial charge in [-0.1, -0.05) is 6.07 Å². The molecule has 0 saturated heterocycles. The Bertz CT molecular complexity index is 865. The molecule has 0 radical (unpaired) electrons. The third kappa shape index (κ3) is 3.99. The molecular weight excluding hydrogens is 316 g/mol. The van der Waals surface area contributed by atoms with Gasteiger partial charge in [0.2, 0.25) is 0 Å². The summed E-state index contributed by atoms with van der Waals surface area (Å²) in [7, 11) is 0. The Balaban J connectivity index is 1.60. The Labute approximate surface area is 147 Å². The molecule has 3 aromatic rings. The number of aryl methyl sites for hydroxylation is 2. The average Bonchev–Trinajstić information content (AvgIpc) is 3.23. The van der Waals surface area contributed by atoms with E-state index in [9.17, 15) is 4.79 Å². The summed E-state index contributed by atoms with van der Waals surface area (Å²) in [4.78, 5) is 22.0. The van der Waals surface area contributed by atoms with E-state index in [-0.39, 0.29) is 6.03 Å². The lowest BCUT2D eigenvalue weighted by molar-refractivity contribution is 0.197. The predicted octanol–water partition coefficient (Wildman–Crippen LogP) is 2.82. The van der Waals surface area contributed by atoms with E-state index in [4.69, 9.17) is 0 Å². The summed E-state index contributed by atoms with van der Waals surface area (Å²) in [6.45, 7) is 8.41. The van der Waals surface area contributed by atoms with Gasteiger partial charge >= 0.3 is 6.03 Å². The zero-order chi connectivity index (χ0) is 17.8. The van der Waals surface area contributed by atoms with Crippen LogP contribution in [-0.2, 0) is 19.6 Å². The molecule has 2 heterocycles. The summed E-state index contributed by atoms with van der Waals surface area (Å²) in [5.41, 5.74) is 4.10. The summed E-state index contributed by atoms with van der Waals surface area (Å²) in [5.74, 6) is 0.754. The van der Waals surface area contributed by atoms with Crippen molar-refractivity contribution in [1.82, 2.24) is 30.0 Å². The second-order valence-electron chi connectivity index (χ2n) is 6.08. The number of aromatic nitrogens is 4. The Morgan fingerprint density at radius 3 is 2.92 bits per heavy atom. The molecular formula is C18H24N6O. The molecule has 2 aromatic heterocycles. The Kier molecular flexibility index (Phi) is 5.02. The van der Waals surface area contributed by atoms with E-state index in [1.54, 1.807) is 11.1 Å². The van der Waals surface area contributed by atoms with E-state index in [1.807, 2.05) is 43.8 Å². The van der Waals surface area contributed by atoms with E-state index in [1.165, 1.54) is 5.56 Å². The molecule has 25 heavy (non-hydrogen) atoms. The molecule has 7 heteroatoms. The number of urea groups is 1. The van der Waals surface area contributed by atoms with Crippen LogP contribution in [0.4, 0.5) is 4.79 Å². The molecule has 3 rings (SSSR count). The summed E-state index contributed by atoms with van der Waals surface area (Å²) in [6.07, 6.45) is 3.78. The summed E-state index contributed by atoms with van der Waals surface area (Å²) >= 11 is 0. The topological polar surface area (TPSA) is 78.8 Å². The molecule has 132 valence electrons. The largest absolute Gasteiger partial charge is 0.340 e. The molecule has 1 aromatic carbocycles. The fourth-order valence-electron chi connectivity index (χ4n) is 2.74. The molecule has 0 aliphatic carbocycles. The molecule has 0 unspecified atom stereocenters. The van der Waals surface area contributed by atoms with Crippen LogP contribution < -0.4 is 5.32 Å². The minimum absolute atomic E-state index is 0.108. The van der Waals surface area contributed by atoms with Crippen LogP contribution in [-0.4, -0.2) is 37.2 Å². The molecule has 0 saturated carbocycles. The highest BCUT2D eigenvalue weighted by Gasteiger charge is 2.13. The summed E-state index contributed by atoms with van der Waals surface area (Å²) < 4.78 is 1.86. The first-order valence-electron chi connectivity index (χ1n) is 8.58. The zero-order valence-electron chi connectivity index (χ0n) is 14.9. The number of nitrogens with zero attached hydrogens (tertiary/aromatic N) is 4. The van der Waals surface area contributed by atoms with Crippen molar-refractivity contribution in [3.63, 3.8) is 0 Å². The van der Waals surface area contributed by atoms with Gasteiger partial charge < -0.3 is 15.2 Å². The van der Waals surface area contributed by atoms with Crippen LogP contribution in [0.2, 0.25) is 0 Å². The average molecular weight is 340 g/mol. The molecule has 0 atom stereocenters. The van der Waals surface area contributed by atoms with Gasteiger partial charge in [0.15, 0.2) is 0 Å². The first-order chi connectivity index (χ1) is 12.1. The van der Waals surface area contributed by atoms with E-state index in [2.05, 4.69) is 26.4 Å². The van der Waals surface area contributed by atoms with E-state index < -0.39 is 0 Å². The molecule has 2 amide bonds. The van der Waals surface area contributed by atoms with Crippen molar-refractivity contribution in [2.75, 3.05) is 6.54 Å². The molecule has 7 nitrogen and oxygen atoms in total. The number of H-pyrrole nitrogens is 1. The number of imidazole rings is 1. The first-order valence-corrected chi connectivity index (χ1v) is 8.58. The highest BCUT2D eigenvalue weighted by atomic mass is 16.2. The van der Waals surface area contributed by atoms with Crippen molar-refractivity contribution >= 4 is 17.1 Å². The quantitative estimate of drug-likeness (QED) is 0.724. The van der Waals surface area contributed by atoms with Gasteiger partial charge in [0.1, 0.15) is 5.82 Å². The van der Waals surface area contributed by atoms with Crippen LogP contribution >= 0.6 is 0 Å². The molecule has 0 bridgehead atoms. The fraction of sp³-hybridized carbons (Fsp3) is 0.389. The van der Waals surface area contributed by atoms with Gasteiger partial charge in [-0.25, -0.2) is 9.78 Å². The Morgan fingerprint density at radius 1 is 1.36 bits per heavy atom. The maximum atomic E-state index is 12.4. The number of benzene rings is 1.